The lowest BCUT2D eigenvalue weighted by Gasteiger charge is -2.14. The molecular formula is C15H21N5O. The Morgan fingerprint density at radius 1 is 1.43 bits per heavy atom. The van der Waals surface area contributed by atoms with Crippen molar-refractivity contribution in [2.45, 2.75) is 6.42 Å². The van der Waals surface area contributed by atoms with Crippen LogP contribution in [0, 0.1) is 0 Å². The molecule has 6 nitrogen and oxygen atoms in total. The zero-order valence-electron chi connectivity index (χ0n) is 12.6. The number of aryl methyl sites for hydroxylation is 1. The van der Waals surface area contributed by atoms with E-state index in [1.807, 2.05) is 17.8 Å². The molecule has 0 bridgehead atoms. The van der Waals surface area contributed by atoms with Crippen molar-refractivity contribution < 1.29 is 4.79 Å². The molecule has 6 heteroatoms. The maximum absolute atomic E-state index is 12.0. The summed E-state index contributed by atoms with van der Waals surface area (Å²) in [5, 5.41) is 3.26. The second kappa shape index (κ2) is 6.30. The Bertz CT molecular complexity index is 633. The molecule has 0 spiro atoms. The van der Waals surface area contributed by atoms with Crippen molar-refractivity contribution in [1.29, 1.82) is 0 Å². The van der Waals surface area contributed by atoms with Gasteiger partial charge >= 0.3 is 0 Å². The van der Waals surface area contributed by atoms with Gasteiger partial charge in [0.05, 0.1) is 11.4 Å². The number of nitrogen functional groups attached to an aromatic ring is 1. The number of hydrogen-bond acceptors (Lipinski definition) is 4. The van der Waals surface area contributed by atoms with Crippen LogP contribution in [0.2, 0.25) is 0 Å². The number of amides is 1. The molecule has 1 aromatic carbocycles. The number of nitrogens with one attached hydrogen (secondary N) is 1. The highest BCUT2D eigenvalue weighted by Gasteiger charge is 2.10. The zero-order chi connectivity index (χ0) is 15.4. The van der Waals surface area contributed by atoms with Gasteiger partial charge < -0.3 is 20.5 Å². The van der Waals surface area contributed by atoms with Gasteiger partial charge in [0.15, 0.2) is 0 Å². The van der Waals surface area contributed by atoms with Gasteiger partial charge in [-0.15, -0.1) is 0 Å². The number of carbonyl (C=O) groups excluding carboxylic acids is 1. The molecule has 112 valence electrons. The van der Waals surface area contributed by atoms with Gasteiger partial charge in [-0.2, -0.15) is 0 Å². The highest BCUT2D eigenvalue weighted by Crippen LogP contribution is 2.20. The lowest BCUT2D eigenvalue weighted by Crippen LogP contribution is -2.22. The molecule has 0 fully saturated rings. The van der Waals surface area contributed by atoms with Gasteiger partial charge in [-0.3, -0.25) is 4.79 Å². The molecule has 0 atom stereocenters. The van der Waals surface area contributed by atoms with Gasteiger partial charge in [-0.25, -0.2) is 4.98 Å². The van der Waals surface area contributed by atoms with Crippen LogP contribution in [0.5, 0.6) is 0 Å². The molecule has 1 heterocycles. The highest BCUT2D eigenvalue weighted by molar-refractivity contribution is 5.95. The van der Waals surface area contributed by atoms with E-state index in [1.54, 1.807) is 43.4 Å². The fourth-order valence-corrected chi connectivity index (χ4v) is 2.05. The minimum Gasteiger partial charge on any atom is -0.397 e. The summed E-state index contributed by atoms with van der Waals surface area (Å²) in [4.78, 5) is 17.8. The predicted octanol–water partition coefficient (Wildman–Crippen LogP) is 1.36. The molecule has 0 saturated heterocycles. The summed E-state index contributed by atoms with van der Waals surface area (Å²) >= 11 is 0. The van der Waals surface area contributed by atoms with E-state index in [9.17, 15) is 4.79 Å². The Labute approximate surface area is 124 Å². The second-order valence-electron chi connectivity index (χ2n) is 5.13. The number of rotatable bonds is 5. The van der Waals surface area contributed by atoms with Crippen molar-refractivity contribution in [3.05, 3.63) is 42.0 Å². The first kappa shape index (κ1) is 14.9. The van der Waals surface area contributed by atoms with Crippen LogP contribution >= 0.6 is 0 Å². The first-order valence-electron chi connectivity index (χ1n) is 6.80. The fourth-order valence-electron chi connectivity index (χ4n) is 2.05. The van der Waals surface area contributed by atoms with Crippen LogP contribution in [0.3, 0.4) is 0 Å². The third kappa shape index (κ3) is 3.53. The molecule has 1 aromatic heterocycles. The Kier molecular flexibility index (Phi) is 4.47. The number of nitrogens with zero attached hydrogens (tertiary/aromatic N) is 3. The van der Waals surface area contributed by atoms with Crippen LogP contribution in [-0.4, -0.2) is 41.0 Å². The SMILES string of the molecule is CN(C)C(=O)c1ccc(N)c(NCCc2nccn2C)c1. The summed E-state index contributed by atoms with van der Waals surface area (Å²) in [5.41, 5.74) is 7.97. The number of anilines is 2. The molecule has 0 aliphatic carbocycles. The first-order valence-corrected chi connectivity index (χ1v) is 6.80. The van der Waals surface area contributed by atoms with Gasteiger partial charge in [0.2, 0.25) is 0 Å². The van der Waals surface area contributed by atoms with Crippen LogP contribution in [0.15, 0.2) is 30.6 Å². The van der Waals surface area contributed by atoms with Crippen LogP contribution in [0.1, 0.15) is 16.2 Å². The lowest BCUT2D eigenvalue weighted by molar-refractivity contribution is 0.0827. The van der Waals surface area contributed by atoms with Crippen LogP contribution < -0.4 is 11.1 Å². The fraction of sp³-hybridized carbons (Fsp3) is 0.333. The Morgan fingerprint density at radius 2 is 2.19 bits per heavy atom. The van der Waals surface area contributed by atoms with Crippen molar-refractivity contribution in [2.75, 3.05) is 31.7 Å². The van der Waals surface area contributed by atoms with Gasteiger partial charge in [0.1, 0.15) is 5.82 Å². The van der Waals surface area contributed by atoms with E-state index in [-0.39, 0.29) is 5.91 Å². The highest BCUT2D eigenvalue weighted by atomic mass is 16.2. The molecular weight excluding hydrogens is 266 g/mol. The third-order valence-electron chi connectivity index (χ3n) is 3.29. The summed E-state index contributed by atoms with van der Waals surface area (Å²) in [6.45, 7) is 0.703. The predicted molar refractivity (Wildman–Crippen MR) is 84.3 cm³/mol. The van der Waals surface area contributed by atoms with E-state index >= 15 is 0 Å². The molecule has 1 amide bonds. The maximum Gasteiger partial charge on any atom is 0.253 e. The Balaban J connectivity index is 2.04. The van der Waals surface area contributed by atoms with Crippen LogP contribution in [0.4, 0.5) is 11.4 Å². The quantitative estimate of drug-likeness (QED) is 0.814. The molecule has 3 N–H and O–H groups in total. The molecule has 0 unspecified atom stereocenters. The first-order chi connectivity index (χ1) is 9.99. The van der Waals surface area contributed by atoms with Crippen molar-refractivity contribution in [2.24, 2.45) is 7.05 Å². The summed E-state index contributed by atoms with van der Waals surface area (Å²) in [7, 11) is 5.42. The van der Waals surface area contributed by atoms with Crippen molar-refractivity contribution in [3.63, 3.8) is 0 Å². The van der Waals surface area contributed by atoms with Gasteiger partial charge in [-0.05, 0) is 18.2 Å². The van der Waals surface area contributed by atoms with E-state index in [0.717, 1.165) is 17.9 Å². The van der Waals surface area contributed by atoms with Crippen molar-refractivity contribution >= 4 is 17.3 Å². The normalized spacial score (nSPS) is 10.4. The molecule has 0 radical (unpaired) electrons. The molecule has 0 aliphatic rings. The minimum atomic E-state index is -0.0397. The molecule has 2 aromatic rings. The van der Waals surface area contributed by atoms with E-state index < -0.39 is 0 Å². The van der Waals surface area contributed by atoms with Crippen LogP contribution in [0.25, 0.3) is 0 Å². The number of imidazole rings is 1. The van der Waals surface area contributed by atoms with Gasteiger partial charge in [0.25, 0.3) is 5.91 Å². The molecule has 0 saturated carbocycles. The summed E-state index contributed by atoms with van der Waals surface area (Å²) < 4.78 is 1.98. The third-order valence-corrected chi connectivity index (χ3v) is 3.29. The number of aromatic nitrogens is 2. The summed E-state index contributed by atoms with van der Waals surface area (Å²) in [5.74, 6) is 0.962. The maximum atomic E-state index is 12.0. The largest absolute Gasteiger partial charge is 0.397 e. The summed E-state index contributed by atoms with van der Waals surface area (Å²) in [6, 6.07) is 5.28. The lowest BCUT2D eigenvalue weighted by atomic mass is 10.1. The number of carbonyl (C=O) groups is 1. The summed E-state index contributed by atoms with van der Waals surface area (Å²) in [6.07, 6.45) is 4.48. The van der Waals surface area contributed by atoms with Gasteiger partial charge in [-0.1, -0.05) is 0 Å². The second-order valence-corrected chi connectivity index (χ2v) is 5.13. The number of benzene rings is 1. The van der Waals surface area contributed by atoms with Crippen molar-refractivity contribution in [3.8, 4) is 0 Å². The van der Waals surface area contributed by atoms with E-state index in [0.29, 0.717) is 17.8 Å². The van der Waals surface area contributed by atoms with Crippen molar-refractivity contribution in [1.82, 2.24) is 14.5 Å². The average Bonchev–Trinajstić information content (AvgIpc) is 2.85. The molecule has 21 heavy (non-hydrogen) atoms. The van der Waals surface area contributed by atoms with Gasteiger partial charge in [0, 0.05) is 52.1 Å². The smallest absolute Gasteiger partial charge is 0.253 e. The standard InChI is InChI=1S/C15H21N5O/c1-19(2)15(21)11-4-5-12(16)13(10-11)17-7-6-14-18-8-9-20(14)3/h4-5,8-10,17H,6-7,16H2,1-3H3. The van der Waals surface area contributed by atoms with E-state index in [1.165, 1.54) is 0 Å². The average molecular weight is 287 g/mol. The zero-order valence-corrected chi connectivity index (χ0v) is 12.6. The Morgan fingerprint density at radius 3 is 2.81 bits per heavy atom. The minimum absolute atomic E-state index is 0.0397. The number of nitrogens with two attached hydrogens (primary N) is 1. The molecule has 0 aliphatic heterocycles. The molecule has 2 rings (SSSR count). The Hall–Kier alpha value is -2.50. The van der Waals surface area contributed by atoms with E-state index in [2.05, 4.69) is 10.3 Å². The number of hydrogen-bond donors (Lipinski definition) is 2. The van der Waals surface area contributed by atoms with Crippen LogP contribution in [-0.2, 0) is 13.5 Å². The monoisotopic (exact) mass is 287 g/mol. The van der Waals surface area contributed by atoms with E-state index in [4.69, 9.17) is 5.73 Å². The topological polar surface area (TPSA) is 76.2 Å².